The van der Waals surface area contributed by atoms with Gasteiger partial charge in [0.2, 0.25) is 0 Å². The van der Waals surface area contributed by atoms with Crippen LogP contribution < -0.4 is 0 Å². The molecule has 1 saturated heterocycles. The molecule has 0 bridgehead atoms. The molecule has 1 fully saturated rings. The Balaban J connectivity index is 2.37. The molecule has 124 valence electrons. The predicted octanol–water partition coefficient (Wildman–Crippen LogP) is 4.29. The summed E-state index contributed by atoms with van der Waals surface area (Å²) in [7, 11) is 0. The van der Waals surface area contributed by atoms with Crippen molar-refractivity contribution >= 4 is 12.1 Å². The van der Waals surface area contributed by atoms with E-state index in [2.05, 4.69) is 19.9 Å². The second-order valence-electron chi connectivity index (χ2n) is 6.75. The summed E-state index contributed by atoms with van der Waals surface area (Å²) in [5.74, 6) is -0.147. The van der Waals surface area contributed by atoms with Gasteiger partial charge in [0.05, 0.1) is 0 Å². The van der Waals surface area contributed by atoms with E-state index in [1.807, 2.05) is 38.1 Å². The minimum atomic E-state index is -1.05. The van der Waals surface area contributed by atoms with Gasteiger partial charge in [-0.2, -0.15) is 0 Å². The van der Waals surface area contributed by atoms with Crippen molar-refractivity contribution in [2.45, 2.75) is 58.7 Å². The van der Waals surface area contributed by atoms with E-state index in [0.29, 0.717) is 5.56 Å². The molecule has 0 aromatic heterocycles. The fourth-order valence-corrected chi connectivity index (χ4v) is 3.22. The number of Topliss-reactive ketones (excluding diaryl/α,β-unsaturated/α-hetero) is 1. The van der Waals surface area contributed by atoms with Crippen LogP contribution in [-0.2, 0) is 9.53 Å². The van der Waals surface area contributed by atoms with Gasteiger partial charge in [0.15, 0.2) is 23.3 Å². The third-order valence-electron chi connectivity index (χ3n) is 5.09. The number of rotatable bonds is 7. The quantitative estimate of drug-likeness (QED) is 0.326. The van der Waals surface area contributed by atoms with E-state index in [4.69, 9.17) is 4.74 Å². The number of benzene rings is 1. The lowest BCUT2D eigenvalue weighted by molar-refractivity contribution is -0.111. The maximum atomic E-state index is 13.2. The van der Waals surface area contributed by atoms with E-state index >= 15 is 0 Å². The number of aryl methyl sites for hydroxylation is 1. The van der Waals surface area contributed by atoms with E-state index in [1.165, 1.54) is 5.57 Å². The Morgan fingerprint density at radius 2 is 2.00 bits per heavy atom. The summed E-state index contributed by atoms with van der Waals surface area (Å²) in [5, 5.41) is 0. The molecule has 1 aromatic rings. The van der Waals surface area contributed by atoms with Gasteiger partial charge in [-0.15, -0.1) is 0 Å². The molecule has 0 aliphatic carbocycles. The lowest BCUT2D eigenvalue weighted by atomic mass is 9.76. The van der Waals surface area contributed by atoms with Gasteiger partial charge in [-0.1, -0.05) is 49.8 Å². The maximum Gasteiger partial charge on any atom is 0.198 e. The molecule has 0 N–H and O–H groups in total. The van der Waals surface area contributed by atoms with Gasteiger partial charge in [-0.3, -0.25) is 4.79 Å². The highest BCUT2D eigenvalue weighted by molar-refractivity contribution is 6.09. The van der Waals surface area contributed by atoms with Gasteiger partial charge in [0, 0.05) is 5.56 Å². The molecule has 1 aromatic carbocycles. The summed E-state index contributed by atoms with van der Waals surface area (Å²) >= 11 is 0. The molecule has 1 aliphatic heterocycles. The zero-order valence-electron chi connectivity index (χ0n) is 14.7. The number of aldehydes is 1. The van der Waals surface area contributed by atoms with Crippen molar-refractivity contribution in [2.75, 3.05) is 0 Å². The van der Waals surface area contributed by atoms with Crippen LogP contribution in [0.1, 0.15) is 56.5 Å². The third kappa shape index (κ3) is 2.90. The topological polar surface area (TPSA) is 46.7 Å². The van der Waals surface area contributed by atoms with Crippen LogP contribution in [0.25, 0.3) is 0 Å². The van der Waals surface area contributed by atoms with Crippen molar-refractivity contribution in [3.8, 4) is 0 Å². The number of allylic oxidation sites excluding steroid dienone is 2. The van der Waals surface area contributed by atoms with Crippen LogP contribution in [0.2, 0.25) is 0 Å². The van der Waals surface area contributed by atoms with Crippen LogP contribution in [-0.4, -0.2) is 23.3 Å². The van der Waals surface area contributed by atoms with E-state index in [9.17, 15) is 9.59 Å². The summed E-state index contributed by atoms with van der Waals surface area (Å²) in [5.41, 5.74) is 0.753. The first-order valence-electron chi connectivity index (χ1n) is 8.25. The molecule has 0 radical (unpaired) electrons. The molecular formula is C20H26O3. The van der Waals surface area contributed by atoms with Gasteiger partial charge >= 0.3 is 0 Å². The van der Waals surface area contributed by atoms with Crippen LogP contribution in [0, 0.1) is 12.8 Å². The monoisotopic (exact) mass is 314 g/mol. The van der Waals surface area contributed by atoms with Crippen molar-refractivity contribution in [1.29, 1.82) is 0 Å². The Bertz CT molecular complexity index is 646. The van der Waals surface area contributed by atoms with Crippen molar-refractivity contribution in [3.05, 3.63) is 47.0 Å². The van der Waals surface area contributed by atoms with E-state index in [0.717, 1.165) is 24.7 Å². The first-order chi connectivity index (χ1) is 10.8. The number of ether oxygens (including phenoxy) is 1. The molecule has 1 heterocycles. The predicted molar refractivity (Wildman–Crippen MR) is 91.6 cm³/mol. The Morgan fingerprint density at radius 1 is 1.35 bits per heavy atom. The summed E-state index contributed by atoms with van der Waals surface area (Å²) in [6, 6.07) is 7.47. The lowest BCUT2D eigenvalue weighted by Gasteiger charge is -2.21. The second kappa shape index (κ2) is 6.40. The molecule has 0 spiro atoms. The average Bonchev–Trinajstić information content (AvgIpc) is 3.20. The molecule has 0 saturated carbocycles. The highest BCUT2D eigenvalue weighted by Gasteiger charge is 2.74. The summed E-state index contributed by atoms with van der Waals surface area (Å²) < 4.78 is 5.79. The Kier molecular flexibility index (Phi) is 4.90. The van der Waals surface area contributed by atoms with Gasteiger partial charge in [-0.05, 0) is 45.1 Å². The van der Waals surface area contributed by atoms with E-state index < -0.39 is 11.2 Å². The minimum absolute atomic E-state index is 0.0636. The second-order valence-corrected chi connectivity index (χ2v) is 6.75. The average molecular weight is 314 g/mol. The first kappa shape index (κ1) is 17.6. The summed E-state index contributed by atoms with van der Waals surface area (Å²) in [4.78, 5) is 24.7. The van der Waals surface area contributed by atoms with Crippen molar-refractivity contribution in [2.24, 2.45) is 5.92 Å². The van der Waals surface area contributed by atoms with Crippen LogP contribution in [0.3, 0.4) is 0 Å². The number of hydrogen-bond acceptors (Lipinski definition) is 3. The number of carbonyl (C=O) groups is 2. The number of epoxide rings is 1. The highest BCUT2D eigenvalue weighted by Crippen LogP contribution is 2.54. The standard InChI is InChI=1S/C20H26O3/c1-6-14(2)11-12-16(4)20(19(5,13-21)23-20)18(22)17-10-8-7-9-15(17)3/h7-11,13,16H,6,12H2,1-5H3/b14-11+. The Morgan fingerprint density at radius 3 is 2.52 bits per heavy atom. The molecule has 0 amide bonds. The highest BCUT2D eigenvalue weighted by atomic mass is 16.6. The number of carbonyl (C=O) groups excluding carboxylic acids is 2. The SMILES string of the molecule is CC/C(C)=C/CC(C)C1(C(=O)c2ccccc2C)OC1(C)C=O. The molecule has 3 atom stereocenters. The zero-order chi connectivity index (χ0) is 17.3. The fourth-order valence-electron chi connectivity index (χ4n) is 3.22. The van der Waals surface area contributed by atoms with Gasteiger partial charge in [-0.25, -0.2) is 0 Å². The van der Waals surface area contributed by atoms with E-state index in [-0.39, 0.29) is 11.7 Å². The molecule has 1 aliphatic rings. The van der Waals surface area contributed by atoms with Gasteiger partial charge < -0.3 is 9.53 Å². The largest absolute Gasteiger partial charge is 0.346 e. The van der Waals surface area contributed by atoms with Gasteiger partial charge in [0.25, 0.3) is 0 Å². The smallest absolute Gasteiger partial charge is 0.198 e. The zero-order valence-corrected chi connectivity index (χ0v) is 14.7. The van der Waals surface area contributed by atoms with Crippen molar-refractivity contribution in [1.82, 2.24) is 0 Å². The minimum Gasteiger partial charge on any atom is -0.346 e. The van der Waals surface area contributed by atoms with Crippen LogP contribution in [0.15, 0.2) is 35.9 Å². The third-order valence-corrected chi connectivity index (χ3v) is 5.09. The van der Waals surface area contributed by atoms with Crippen molar-refractivity contribution < 1.29 is 14.3 Å². The fraction of sp³-hybridized carbons (Fsp3) is 0.500. The van der Waals surface area contributed by atoms with Crippen LogP contribution in [0.5, 0.6) is 0 Å². The molecule has 3 unspecified atom stereocenters. The summed E-state index contributed by atoms with van der Waals surface area (Å²) in [6.45, 7) is 9.80. The Hall–Kier alpha value is -1.74. The van der Waals surface area contributed by atoms with Crippen molar-refractivity contribution in [3.63, 3.8) is 0 Å². The molecule has 3 nitrogen and oxygen atoms in total. The summed E-state index contributed by atoms with van der Waals surface area (Å²) in [6.07, 6.45) is 4.62. The number of hydrogen-bond donors (Lipinski definition) is 0. The first-order valence-corrected chi connectivity index (χ1v) is 8.25. The van der Waals surface area contributed by atoms with Crippen LogP contribution >= 0.6 is 0 Å². The molecular weight excluding hydrogens is 288 g/mol. The van der Waals surface area contributed by atoms with Crippen LogP contribution in [0.4, 0.5) is 0 Å². The number of ketones is 1. The molecule has 3 heteroatoms. The van der Waals surface area contributed by atoms with Gasteiger partial charge in [0.1, 0.15) is 0 Å². The Labute approximate surface area is 138 Å². The lowest BCUT2D eigenvalue weighted by Crippen LogP contribution is -2.40. The molecule has 23 heavy (non-hydrogen) atoms. The maximum absolute atomic E-state index is 13.2. The molecule has 2 rings (SSSR count). The van der Waals surface area contributed by atoms with E-state index in [1.54, 1.807) is 6.92 Å². The normalized spacial score (nSPS) is 28.3.